The maximum absolute atomic E-state index is 14.0. The summed E-state index contributed by atoms with van der Waals surface area (Å²) < 4.78 is 19.4. The molecule has 0 spiro atoms. The van der Waals surface area contributed by atoms with E-state index in [-0.39, 0.29) is 28.7 Å². The Morgan fingerprint density at radius 1 is 1.32 bits per heavy atom. The van der Waals surface area contributed by atoms with Gasteiger partial charge < -0.3 is 15.4 Å². The van der Waals surface area contributed by atoms with Crippen molar-refractivity contribution in [3.05, 3.63) is 17.3 Å². The molecule has 0 radical (unpaired) electrons. The first kappa shape index (κ1) is 19.7. The van der Waals surface area contributed by atoms with E-state index in [1.807, 2.05) is 20.8 Å². The number of nitrogens with one attached hydrogen (secondary N) is 2. The first-order chi connectivity index (χ1) is 13.1. The van der Waals surface area contributed by atoms with Crippen molar-refractivity contribution in [3.63, 3.8) is 0 Å². The van der Waals surface area contributed by atoms with E-state index in [1.54, 1.807) is 0 Å². The minimum atomic E-state index is -0.496. The molecule has 2 N–H and O–H groups in total. The van der Waals surface area contributed by atoms with Crippen LogP contribution in [0.2, 0.25) is 5.28 Å². The average Bonchev–Trinajstić information content (AvgIpc) is 2.57. The highest BCUT2D eigenvalue weighted by Gasteiger charge is 2.55. The van der Waals surface area contributed by atoms with Crippen LogP contribution in [0.5, 0.6) is 0 Å². The summed E-state index contributed by atoms with van der Waals surface area (Å²) in [7, 11) is 0. The fourth-order valence-corrected chi connectivity index (χ4v) is 5.96. The van der Waals surface area contributed by atoms with Crippen molar-refractivity contribution in [1.82, 2.24) is 15.3 Å². The molecule has 4 aliphatic rings. The molecule has 1 unspecified atom stereocenters. The molecule has 0 aromatic carbocycles. The lowest BCUT2D eigenvalue weighted by Gasteiger charge is -2.60. The van der Waals surface area contributed by atoms with Crippen LogP contribution in [0.4, 0.5) is 15.0 Å². The molecule has 4 aliphatic carbocycles. The summed E-state index contributed by atoms with van der Waals surface area (Å²) in [6.07, 6.45) is 6.25. The van der Waals surface area contributed by atoms with Crippen LogP contribution < -0.4 is 10.6 Å². The summed E-state index contributed by atoms with van der Waals surface area (Å²) in [5.41, 5.74) is -0.378. The summed E-state index contributed by atoms with van der Waals surface area (Å²) in [5, 5.41) is 6.36. The fourth-order valence-electron chi connectivity index (χ4n) is 5.83. The van der Waals surface area contributed by atoms with Crippen LogP contribution >= 0.6 is 11.6 Å². The predicted octanol–water partition coefficient (Wildman–Crippen LogP) is 4.40. The Hall–Kier alpha value is -1.63. The third kappa shape index (κ3) is 4.04. The number of carbonyl (C=O) groups is 1. The molecule has 1 amide bonds. The molecule has 0 saturated heterocycles. The van der Waals surface area contributed by atoms with Gasteiger partial charge in [0.15, 0.2) is 11.6 Å². The summed E-state index contributed by atoms with van der Waals surface area (Å²) in [6, 6.07) is 0.171. The molecule has 4 saturated carbocycles. The van der Waals surface area contributed by atoms with Gasteiger partial charge in [0.25, 0.3) is 0 Å². The molecule has 154 valence electrons. The summed E-state index contributed by atoms with van der Waals surface area (Å²) in [5.74, 6) is 1.24. The van der Waals surface area contributed by atoms with Gasteiger partial charge in [-0.05, 0) is 87.6 Å². The second kappa shape index (κ2) is 7.01. The van der Waals surface area contributed by atoms with Gasteiger partial charge in [-0.15, -0.1) is 0 Å². The molecule has 4 bridgehead atoms. The molecule has 5 atom stereocenters. The van der Waals surface area contributed by atoms with Gasteiger partial charge in [-0.25, -0.2) is 14.2 Å². The van der Waals surface area contributed by atoms with Gasteiger partial charge in [0.05, 0.1) is 6.20 Å². The lowest BCUT2D eigenvalue weighted by atomic mass is 9.48. The molecule has 5 rings (SSSR count). The molecular weight excluding hydrogens is 383 g/mol. The third-order valence-electron chi connectivity index (χ3n) is 6.43. The number of alkyl carbamates (subject to hydrolysis) is 1. The third-order valence-corrected chi connectivity index (χ3v) is 6.61. The first-order valence-electron chi connectivity index (χ1n) is 10.0. The number of halogens is 2. The number of hydrogen-bond donors (Lipinski definition) is 2. The van der Waals surface area contributed by atoms with Crippen LogP contribution in [0.25, 0.3) is 0 Å². The highest BCUT2D eigenvalue weighted by atomic mass is 35.5. The maximum atomic E-state index is 14.0. The molecule has 1 aromatic rings. The van der Waals surface area contributed by atoms with E-state index in [0.717, 1.165) is 38.3 Å². The number of nitrogens with zero attached hydrogens (tertiary/aromatic N) is 2. The van der Waals surface area contributed by atoms with Crippen LogP contribution in [0.3, 0.4) is 0 Å². The Kier molecular flexibility index (Phi) is 4.92. The first-order valence-corrected chi connectivity index (χ1v) is 10.4. The molecule has 8 heteroatoms. The maximum Gasteiger partial charge on any atom is 0.407 e. The summed E-state index contributed by atoms with van der Waals surface area (Å²) in [6.45, 7) is 6.30. The monoisotopic (exact) mass is 410 g/mol. The largest absolute Gasteiger partial charge is 0.444 e. The van der Waals surface area contributed by atoms with E-state index >= 15 is 0 Å². The Labute approximate surface area is 170 Å². The predicted molar refractivity (Wildman–Crippen MR) is 105 cm³/mol. The van der Waals surface area contributed by atoms with E-state index in [9.17, 15) is 9.18 Å². The van der Waals surface area contributed by atoms with Crippen LogP contribution in [-0.4, -0.2) is 34.2 Å². The number of ether oxygens (including phenoxy) is 1. The Morgan fingerprint density at radius 2 is 2.00 bits per heavy atom. The van der Waals surface area contributed by atoms with Crippen molar-refractivity contribution in [2.45, 2.75) is 64.5 Å². The number of carbonyl (C=O) groups excluding carboxylic acids is 1. The van der Waals surface area contributed by atoms with Crippen LogP contribution in [0.1, 0.15) is 52.9 Å². The quantitative estimate of drug-likeness (QED) is 0.719. The number of hydrogen-bond acceptors (Lipinski definition) is 5. The molecule has 6 nitrogen and oxygen atoms in total. The lowest BCUT2D eigenvalue weighted by molar-refractivity contribution is -0.0703. The zero-order valence-corrected chi connectivity index (χ0v) is 17.4. The average molecular weight is 411 g/mol. The van der Waals surface area contributed by atoms with E-state index < -0.39 is 11.4 Å². The minimum Gasteiger partial charge on any atom is -0.444 e. The van der Waals surface area contributed by atoms with Gasteiger partial charge in [-0.3, -0.25) is 0 Å². The van der Waals surface area contributed by atoms with Crippen molar-refractivity contribution < 1.29 is 13.9 Å². The number of amides is 1. The van der Waals surface area contributed by atoms with Crippen molar-refractivity contribution in [2.24, 2.45) is 23.2 Å². The van der Waals surface area contributed by atoms with Gasteiger partial charge in [-0.2, -0.15) is 4.98 Å². The second-order valence-electron chi connectivity index (χ2n) is 9.83. The summed E-state index contributed by atoms with van der Waals surface area (Å²) in [4.78, 5) is 19.9. The van der Waals surface area contributed by atoms with Crippen molar-refractivity contribution >= 4 is 23.5 Å². The molecule has 1 aromatic heterocycles. The van der Waals surface area contributed by atoms with Crippen molar-refractivity contribution in [3.8, 4) is 0 Å². The van der Waals surface area contributed by atoms with Gasteiger partial charge in [-0.1, -0.05) is 0 Å². The zero-order chi connectivity index (χ0) is 20.1. The van der Waals surface area contributed by atoms with Crippen molar-refractivity contribution in [2.75, 3.05) is 11.9 Å². The molecule has 28 heavy (non-hydrogen) atoms. The van der Waals surface area contributed by atoms with E-state index in [0.29, 0.717) is 24.3 Å². The van der Waals surface area contributed by atoms with Crippen LogP contribution in [0.15, 0.2) is 6.20 Å². The normalized spacial score (nSPS) is 33.6. The zero-order valence-electron chi connectivity index (χ0n) is 16.6. The standard InChI is InChI=1S/C20H28ClFN4O2/c1-19(2,3)28-18(27)25-15-12-4-11-5-13(15)8-20(6-11,7-12)10-24-16-14(22)9-23-17(21)26-16/h9,11-13,15H,4-8,10H2,1-3H3,(H,25,27)(H,23,24,26)/t11?,12-,13+,15+,20-. The van der Waals surface area contributed by atoms with E-state index in [1.165, 1.54) is 0 Å². The Bertz CT molecular complexity index is 753. The number of aromatic nitrogens is 2. The Morgan fingerprint density at radius 3 is 2.64 bits per heavy atom. The molecule has 0 aliphatic heterocycles. The van der Waals surface area contributed by atoms with E-state index in [2.05, 4.69) is 20.6 Å². The number of rotatable bonds is 4. The smallest absolute Gasteiger partial charge is 0.407 e. The molecule has 1 heterocycles. The molecular formula is C20H28ClFN4O2. The van der Waals surface area contributed by atoms with Gasteiger partial charge in [0.1, 0.15) is 5.60 Å². The fraction of sp³-hybridized carbons (Fsp3) is 0.750. The van der Waals surface area contributed by atoms with E-state index in [4.69, 9.17) is 16.3 Å². The highest BCUT2D eigenvalue weighted by Crippen LogP contribution is 2.60. The van der Waals surface area contributed by atoms with Gasteiger partial charge in [0, 0.05) is 12.6 Å². The van der Waals surface area contributed by atoms with Gasteiger partial charge >= 0.3 is 6.09 Å². The highest BCUT2D eigenvalue weighted by molar-refractivity contribution is 6.28. The minimum absolute atomic E-state index is 0.0380. The number of anilines is 1. The molecule has 4 fully saturated rings. The van der Waals surface area contributed by atoms with Crippen LogP contribution in [0, 0.1) is 29.0 Å². The topological polar surface area (TPSA) is 76.1 Å². The van der Waals surface area contributed by atoms with Gasteiger partial charge in [0.2, 0.25) is 5.28 Å². The van der Waals surface area contributed by atoms with Crippen molar-refractivity contribution in [1.29, 1.82) is 0 Å². The second-order valence-corrected chi connectivity index (χ2v) is 10.2. The summed E-state index contributed by atoms with van der Waals surface area (Å²) >= 11 is 5.80. The SMILES string of the molecule is CC(C)(C)OC(=O)N[C@H]1[C@@H]2CC3C[C@H]1C[C@@](CNc1nc(Cl)ncc1F)(C3)C2. The lowest BCUT2D eigenvalue weighted by Crippen LogP contribution is -2.60. The van der Waals surface area contributed by atoms with Crippen LogP contribution in [-0.2, 0) is 4.74 Å². The Balaban J connectivity index is 1.42.